The summed E-state index contributed by atoms with van der Waals surface area (Å²) in [4.78, 5) is 20.2. The number of thiocarbonyl (C=S) groups is 1. The third-order valence-electron chi connectivity index (χ3n) is 2.42. The monoisotopic (exact) mass is 330 g/mol. The van der Waals surface area contributed by atoms with Crippen molar-refractivity contribution >= 4 is 45.4 Å². The maximum Gasteiger partial charge on any atom is 0.300 e. The van der Waals surface area contributed by atoms with Gasteiger partial charge in [0.2, 0.25) is 0 Å². The fraction of sp³-hybridized carbons (Fsp3) is 0.364. The normalized spacial score (nSPS) is 9.95. The number of hydrazine groups is 1. The Labute approximate surface area is 130 Å². The largest absolute Gasteiger partial charge is 0.300 e. The number of benzene rings is 1. The van der Waals surface area contributed by atoms with E-state index in [1.807, 2.05) is 0 Å². The summed E-state index contributed by atoms with van der Waals surface area (Å²) in [6.45, 7) is 2.06. The van der Waals surface area contributed by atoms with Crippen LogP contribution in [-0.2, 0) is 0 Å². The SMILES string of the molecule is CCCCSC(=S)NNc1ccc([N+](=O)[O-])cc1[N+](=O)[O-]. The molecule has 1 rings (SSSR count). The highest BCUT2D eigenvalue weighted by atomic mass is 32.2. The fourth-order valence-electron chi connectivity index (χ4n) is 1.35. The van der Waals surface area contributed by atoms with Gasteiger partial charge in [-0.3, -0.25) is 31.1 Å². The summed E-state index contributed by atoms with van der Waals surface area (Å²) in [5.74, 6) is 0.854. The highest BCUT2D eigenvalue weighted by Crippen LogP contribution is 2.28. The van der Waals surface area contributed by atoms with Crippen molar-refractivity contribution in [2.45, 2.75) is 19.8 Å². The molecule has 10 heteroatoms. The van der Waals surface area contributed by atoms with Gasteiger partial charge in [0.25, 0.3) is 5.69 Å². The minimum absolute atomic E-state index is 0.115. The number of hydrogen-bond acceptors (Lipinski definition) is 7. The summed E-state index contributed by atoms with van der Waals surface area (Å²) >= 11 is 6.48. The lowest BCUT2D eigenvalue weighted by Gasteiger charge is -2.10. The molecule has 0 aliphatic heterocycles. The highest BCUT2D eigenvalue weighted by Gasteiger charge is 2.19. The van der Waals surface area contributed by atoms with Gasteiger partial charge in [0, 0.05) is 11.8 Å². The zero-order valence-electron chi connectivity index (χ0n) is 11.2. The zero-order chi connectivity index (χ0) is 15.8. The van der Waals surface area contributed by atoms with E-state index in [9.17, 15) is 20.2 Å². The second kappa shape index (κ2) is 8.37. The van der Waals surface area contributed by atoms with Crippen molar-refractivity contribution in [3.05, 3.63) is 38.4 Å². The maximum atomic E-state index is 10.9. The highest BCUT2D eigenvalue weighted by molar-refractivity contribution is 8.22. The zero-order valence-corrected chi connectivity index (χ0v) is 12.8. The molecule has 0 heterocycles. The molecule has 0 fully saturated rings. The number of rotatable bonds is 7. The van der Waals surface area contributed by atoms with Gasteiger partial charge in [0.15, 0.2) is 4.32 Å². The minimum atomic E-state index is -0.690. The van der Waals surface area contributed by atoms with Crippen LogP contribution in [0.15, 0.2) is 18.2 Å². The number of thioether (sulfide) groups is 1. The van der Waals surface area contributed by atoms with E-state index >= 15 is 0 Å². The Morgan fingerprint density at radius 2 is 2.05 bits per heavy atom. The predicted molar refractivity (Wildman–Crippen MR) is 86.5 cm³/mol. The molecule has 2 N–H and O–H groups in total. The van der Waals surface area contributed by atoms with Gasteiger partial charge < -0.3 is 0 Å². The lowest BCUT2D eigenvalue weighted by atomic mass is 10.2. The molecule has 1 aromatic carbocycles. The van der Waals surface area contributed by atoms with Crippen molar-refractivity contribution in [1.29, 1.82) is 0 Å². The summed E-state index contributed by atoms with van der Waals surface area (Å²) in [5.41, 5.74) is 4.67. The Morgan fingerprint density at radius 1 is 1.33 bits per heavy atom. The van der Waals surface area contributed by atoms with E-state index in [2.05, 4.69) is 17.8 Å². The number of non-ortho nitro benzene ring substituents is 1. The molecule has 0 saturated heterocycles. The van der Waals surface area contributed by atoms with E-state index in [1.54, 1.807) is 0 Å². The van der Waals surface area contributed by atoms with E-state index in [0.717, 1.165) is 24.7 Å². The van der Waals surface area contributed by atoms with Crippen LogP contribution < -0.4 is 10.9 Å². The molecule has 0 saturated carbocycles. The number of anilines is 1. The Bertz CT molecular complexity index is 553. The second-order valence-electron chi connectivity index (χ2n) is 3.96. The number of nitrogens with one attached hydrogen (secondary N) is 2. The first kappa shape index (κ1) is 17.1. The number of unbranched alkanes of at least 4 members (excludes halogenated alkanes) is 1. The van der Waals surface area contributed by atoms with E-state index in [4.69, 9.17) is 12.2 Å². The summed E-state index contributed by atoms with van der Waals surface area (Å²) in [6, 6.07) is 3.35. The smallest absolute Gasteiger partial charge is 0.293 e. The first-order valence-electron chi connectivity index (χ1n) is 6.07. The Morgan fingerprint density at radius 3 is 2.62 bits per heavy atom. The van der Waals surface area contributed by atoms with Crippen molar-refractivity contribution in [3.8, 4) is 0 Å². The summed E-state index contributed by atoms with van der Waals surface area (Å²) in [7, 11) is 0. The van der Waals surface area contributed by atoms with Crippen LogP contribution in [0.25, 0.3) is 0 Å². The number of nitrogens with zero attached hydrogens (tertiary/aromatic N) is 2. The molecular weight excluding hydrogens is 316 g/mol. The average molecular weight is 330 g/mol. The predicted octanol–water partition coefficient (Wildman–Crippen LogP) is 3.24. The molecule has 1 aromatic rings. The van der Waals surface area contributed by atoms with Gasteiger partial charge in [-0.15, -0.1) is 0 Å². The van der Waals surface area contributed by atoms with Gasteiger partial charge in [0.1, 0.15) is 5.69 Å². The van der Waals surface area contributed by atoms with Crippen LogP contribution in [0, 0.1) is 20.2 Å². The molecule has 0 amide bonds. The minimum Gasteiger partial charge on any atom is -0.293 e. The second-order valence-corrected chi connectivity index (χ2v) is 5.73. The van der Waals surface area contributed by atoms with E-state index < -0.39 is 15.5 Å². The van der Waals surface area contributed by atoms with E-state index in [0.29, 0.717) is 4.32 Å². The third-order valence-corrected chi connectivity index (χ3v) is 3.73. The average Bonchev–Trinajstić information content (AvgIpc) is 2.45. The van der Waals surface area contributed by atoms with Crippen molar-refractivity contribution in [3.63, 3.8) is 0 Å². The molecule has 21 heavy (non-hydrogen) atoms. The molecule has 0 unspecified atom stereocenters. The van der Waals surface area contributed by atoms with Crippen molar-refractivity contribution < 1.29 is 9.85 Å². The Balaban J connectivity index is 2.72. The number of nitro benzene ring substituents is 2. The lowest BCUT2D eigenvalue weighted by Crippen LogP contribution is -2.26. The first-order chi connectivity index (χ1) is 9.95. The molecule has 0 spiro atoms. The summed E-state index contributed by atoms with van der Waals surface area (Å²) in [6.07, 6.45) is 2.07. The molecule has 0 radical (unpaired) electrons. The standard InChI is InChI=1S/C11H14N4O4S2/c1-2-3-6-21-11(20)13-12-9-5-4-8(14(16)17)7-10(9)15(18)19/h4-5,7,12H,2-3,6H2,1H3,(H,13,20). The van der Waals surface area contributed by atoms with Crippen molar-refractivity contribution in [2.24, 2.45) is 0 Å². The molecule has 0 aromatic heterocycles. The summed E-state index contributed by atoms with van der Waals surface area (Å²) < 4.78 is 0.455. The molecule has 114 valence electrons. The van der Waals surface area contributed by atoms with E-state index in [1.165, 1.54) is 23.9 Å². The maximum absolute atomic E-state index is 10.9. The molecule has 0 aliphatic carbocycles. The Hall–Kier alpha value is -1.94. The molecule has 8 nitrogen and oxygen atoms in total. The van der Waals surface area contributed by atoms with Gasteiger partial charge in [-0.1, -0.05) is 37.3 Å². The third kappa shape index (κ3) is 5.52. The molecule has 0 bridgehead atoms. The van der Waals surface area contributed by atoms with E-state index in [-0.39, 0.29) is 11.4 Å². The molecular formula is C11H14N4O4S2. The van der Waals surface area contributed by atoms with Crippen LogP contribution in [0.5, 0.6) is 0 Å². The first-order valence-corrected chi connectivity index (χ1v) is 7.46. The Kier molecular flexibility index (Phi) is 6.82. The van der Waals surface area contributed by atoms with Gasteiger partial charge in [-0.05, 0) is 12.5 Å². The molecule has 0 aliphatic rings. The lowest BCUT2D eigenvalue weighted by molar-refractivity contribution is -0.393. The van der Waals surface area contributed by atoms with Gasteiger partial charge in [-0.25, -0.2) is 0 Å². The van der Waals surface area contributed by atoms with Crippen LogP contribution in [0.2, 0.25) is 0 Å². The van der Waals surface area contributed by atoms with Gasteiger partial charge >= 0.3 is 5.69 Å². The van der Waals surface area contributed by atoms with Crippen LogP contribution in [-0.4, -0.2) is 19.9 Å². The van der Waals surface area contributed by atoms with Crippen molar-refractivity contribution in [1.82, 2.24) is 5.43 Å². The fourth-order valence-corrected chi connectivity index (χ4v) is 2.40. The van der Waals surface area contributed by atoms with Gasteiger partial charge in [-0.2, -0.15) is 0 Å². The molecule has 0 atom stereocenters. The van der Waals surface area contributed by atoms with Gasteiger partial charge in [0.05, 0.1) is 15.9 Å². The van der Waals surface area contributed by atoms with Crippen LogP contribution in [0.4, 0.5) is 17.1 Å². The van der Waals surface area contributed by atoms with Crippen LogP contribution in [0.3, 0.4) is 0 Å². The number of nitro groups is 2. The van der Waals surface area contributed by atoms with Crippen LogP contribution >= 0.6 is 24.0 Å². The van der Waals surface area contributed by atoms with Crippen LogP contribution in [0.1, 0.15) is 19.8 Å². The topological polar surface area (TPSA) is 110 Å². The summed E-state index contributed by atoms with van der Waals surface area (Å²) in [5, 5.41) is 21.6. The number of hydrogen-bond donors (Lipinski definition) is 2. The quantitative estimate of drug-likeness (QED) is 0.339. The van der Waals surface area contributed by atoms with Crippen molar-refractivity contribution in [2.75, 3.05) is 11.2 Å².